The van der Waals surface area contributed by atoms with Gasteiger partial charge >= 0.3 is 0 Å². The van der Waals surface area contributed by atoms with Crippen molar-refractivity contribution >= 4 is 5.91 Å². The second-order valence-corrected chi connectivity index (χ2v) is 7.57. The molecule has 0 fully saturated rings. The van der Waals surface area contributed by atoms with E-state index in [0.29, 0.717) is 0 Å². The van der Waals surface area contributed by atoms with E-state index in [0.717, 1.165) is 6.42 Å². The SMILES string of the molecule is CC(C)(C)CC(C)(C)NC(=O)COC(C)(C)C. The average Bonchev–Trinajstić information content (AvgIpc) is 1.93. The summed E-state index contributed by atoms with van der Waals surface area (Å²) in [5.41, 5.74) is -0.274. The molecule has 0 aliphatic heterocycles. The Labute approximate surface area is 106 Å². The first kappa shape index (κ1) is 16.4. The monoisotopic (exact) mass is 243 g/mol. The third-order valence-electron chi connectivity index (χ3n) is 2.09. The van der Waals surface area contributed by atoms with Gasteiger partial charge in [-0.15, -0.1) is 0 Å². The van der Waals surface area contributed by atoms with Gasteiger partial charge in [0.05, 0.1) is 5.60 Å². The molecular weight excluding hydrogens is 214 g/mol. The maximum atomic E-state index is 11.8. The molecule has 1 amide bonds. The van der Waals surface area contributed by atoms with Crippen molar-refractivity contribution in [3.05, 3.63) is 0 Å². The van der Waals surface area contributed by atoms with Crippen molar-refractivity contribution in [3.63, 3.8) is 0 Å². The Morgan fingerprint density at radius 3 is 1.82 bits per heavy atom. The van der Waals surface area contributed by atoms with Crippen LogP contribution in [0.15, 0.2) is 0 Å². The summed E-state index contributed by atoms with van der Waals surface area (Å²) >= 11 is 0. The van der Waals surface area contributed by atoms with Crippen LogP contribution in [0.1, 0.15) is 61.8 Å². The number of ether oxygens (including phenoxy) is 1. The molecule has 0 saturated carbocycles. The number of carbonyl (C=O) groups is 1. The largest absolute Gasteiger partial charge is 0.366 e. The Bertz CT molecular complexity index is 256. The standard InChI is InChI=1S/C14H29NO2/c1-12(2,3)10-14(7,8)15-11(16)9-17-13(4,5)6/h9-10H2,1-8H3,(H,15,16). The van der Waals surface area contributed by atoms with Crippen LogP contribution in [0.4, 0.5) is 0 Å². The van der Waals surface area contributed by atoms with Crippen LogP contribution in [0, 0.1) is 5.41 Å². The summed E-state index contributed by atoms with van der Waals surface area (Å²) in [5.74, 6) is -0.0471. The smallest absolute Gasteiger partial charge is 0.246 e. The van der Waals surface area contributed by atoms with Crippen molar-refractivity contribution in [2.24, 2.45) is 5.41 Å². The summed E-state index contributed by atoms with van der Waals surface area (Å²) < 4.78 is 5.46. The van der Waals surface area contributed by atoms with Crippen LogP contribution < -0.4 is 5.32 Å². The lowest BCUT2D eigenvalue weighted by molar-refractivity contribution is -0.132. The van der Waals surface area contributed by atoms with E-state index in [1.54, 1.807) is 0 Å². The van der Waals surface area contributed by atoms with Crippen LogP contribution >= 0.6 is 0 Å². The van der Waals surface area contributed by atoms with Crippen LogP contribution in [-0.4, -0.2) is 23.7 Å². The second kappa shape index (κ2) is 5.38. The molecule has 0 rings (SSSR count). The van der Waals surface area contributed by atoms with Crippen LogP contribution in [0.25, 0.3) is 0 Å². The fraction of sp³-hybridized carbons (Fsp3) is 0.929. The summed E-state index contributed by atoms with van der Waals surface area (Å²) in [6.45, 7) is 16.6. The Hall–Kier alpha value is -0.570. The van der Waals surface area contributed by atoms with Crippen LogP contribution in [0.2, 0.25) is 0 Å². The number of hydrogen-bond acceptors (Lipinski definition) is 2. The van der Waals surface area contributed by atoms with Gasteiger partial charge in [-0.2, -0.15) is 0 Å². The quantitative estimate of drug-likeness (QED) is 0.824. The third kappa shape index (κ3) is 10.3. The number of rotatable bonds is 4. The maximum absolute atomic E-state index is 11.8. The zero-order chi connectivity index (χ0) is 13.9. The predicted octanol–water partition coefficient (Wildman–Crippen LogP) is 3.13. The maximum Gasteiger partial charge on any atom is 0.246 e. The molecule has 3 nitrogen and oxygen atoms in total. The topological polar surface area (TPSA) is 38.3 Å². The van der Waals surface area contributed by atoms with E-state index in [2.05, 4.69) is 26.1 Å². The number of nitrogens with one attached hydrogen (secondary N) is 1. The fourth-order valence-corrected chi connectivity index (χ4v) is 2.07. The van der Waals surface area contributed by atoms with Crippen molar-refractivity contribution in [3.8, 4) is 0 Å². The zero-order valence-corrected chi connectivity index (χ0v) is 12.7. The summed E-state index contributed by atoms with van der Waals surface area (Å²) in [7, 11) is 0. The molecule has 0 unspecified atom stereocenters. The lowest BCUT2D eigenvalue weighted by atomic mass is 9.82. The van der Waals surface area contributed by atoms with Gasteiger partial charge < -0.3 is 10.1 Å². The Balaban J connectivity index is 4.19. The Morgan fingerprint density at radius 2 is 1.47 bits per heavy atom. The van der Waals surface area contributed by atoms with Gasteiger partial charge in [0, 0.05) is 5.54 Å². The highest BCUT2D eigenvalue weighted by Crippen LogP contribution is 2.26. The molecule has 3 heteroatoms. The zero-order valence-electron chi connectivity index (χ0n) is 12.7. The first-order valence-corrected chi connectivity index (χ1v) is 6.26. The Kier molecular flexibility index (Phi) is 5.20. The minimum absolute atomic E-state index is 0.0471. The van der Waals surface area contributed by atoms with E-state index in [1.807, 2.05) is 34.6 Å². The van der Waals surface area contributed by atoms with Crippen molar-refractivity contribution < 1.29 is 9.53 Å². The average molecular weight is 243 g/mol. The van der Waals surface area contributed by atoms with Gasteiger partial charge in [-0.05, 0) is 46.5 Å². The molecule has 0 radical (unpaired) electrons. The van der Waals surface area contributed by atoms with Gasteiger partial charge in [-0.1, -0.05) is 20.8 Å². The van der Waals surface area contributed by atoms with E-state index < -0.39 is 0 Å². The molecular formula is C14H29NO2. The van der Waals surface area contributed by atoms with E-state index in [-0.39, 0.29) is 29.1 Å². The lowest BCUT2D eigenvalue weighted by Gasteiger charge is -2.33. The van der Waals surface area contributed by atoms with Gasteiger partial charge in [0.15, 0.2) is 0 Å². The predicted molar refractivity (Wildman–Crippen MR) is 72.0 cm³/mol. The van der Waals surface area contributed by atoms with Crippen LogP contribution in [0.3, 0.4) is 0 Å². The molecule has 0 aliphatic rings. The van der Waals surface area contributed by atoms with Crippen molar-refractivity contribution in [2.45, 2.75) is 73.0 Å². The summed E-state index contributed by atoms with van der Waals surface area (Å²) in [4.78, 5) is 11.8. The molecule has 0 aliphatic carbocycles. The van der Waals surface area contributed by atoms with E-state index in [1.165, 1.54) is 0 Å². The van der Waals surface area contributed by atoms with Crippen molar-refractivity contribution in [1.29, 1.82) is 0 Å². The number of hydrogen-bond donors (Lipinski definition) is 1. The molecule has 0 spiro atoms. The molecule has 0 heterocycles. The van der Waals surface area contributed by atoms with Crippen molar-refractivity contribution in [2.75, 3.05) is 6.61 Å². The minimum atomic E-state index is -0.272. The molecule has 0 saturated heterocycles. The van der Waals surface area contributed by atoms with Gasteiger partial charge in [-0.3, -0.25) is 4.79 Å². The third-order valence-corrected chi connectivity index (χ3v) is 2.09. The number of carbonyl (C=O) groups excluding carboxylic acids is 1. The summed E-state index contributed by atoms with van der Waals surface area (Å²) in [5, 5.41) is 3.02. The molecule has 1 N–H and O–H groups in total. The first-order valence-electron chi connectivity index (χ1n) is 6.26. The lowest BCUT2D eigenvalue weighted by Crippen LogP contribution is -2.47. The molecule has 17 heavy (non-hydrogen) atoms. The van der Waals surface area contributed by atoms with E-state index in [4.69, 9.17) is 4.74 Å². The van der Waals surface area contributed by atoms with Crippen molar-refractivity contribution in [1.82, 2.24) is 5.32 Å². The molecule has 0 atom stereocenters. The van der Waals surface area contributed by atoms with E-state index in [9.17, 15) is 4.79 Å². The minimum Gasteiger partial charge on any atom is -0.366 e. The highest BCUT2D eigenvalue weighted by atomic mass is 16.5. The summed E-state index contributed by atoms with van der Waals surface area (Å²) in [6, 6.07) is 0. The normalized spacial score (nSPS) is 13.6. The molecule has 102 valence electrons. The highest BCUT2D eigenvalue weighted by Gasteiger charge is 2.27. The van der Waals surface area contributed by atoms with Gasteiger partial charge in [-0.25, -0.2) is 0 Å². The summed E-state index contributed by atoms with van der Waals surface area (Å²) in [6.07, 6.45) is 0.932. The second-order valence-electron chi connectivity index (χ2n) is 7.57. The highest BCUT2D eigenvalue weighted by molar-refractivity contribution is 5.78. The van der Waals surface area contributed by atoms with Crippen LogP contribution in [-0.2, 0) is 9.53 Å². The van der Waals surface area contributed by atoms with Crippen LogP contribution in [0.5, 0.6) is 0 Å². The molecule has 0 aromatic carbocycles. The molecule has 0 aromatic rings. The van der Waals surface area contributed by atoms with Gasteiger partial charge in [0.2, 0.25) is 5.91 Å². The fourth-order valence-electron chi connectivity index (χ4n) is 2.07. The molecule has 0 bridgehead atoms. The Morgan fingerprint density at radius 1 is 1.00 bits per heavy atom. The van der Waals surface area contributed by atoms with E-state index >= 15 is 0 Å². The number of amides is 1. The van der Waals surface area contributed by atoms with Gasteiger partial charge in [0.1, 0.15) is 6.61 Å². The first-order chi connectivity index (χ1) is 7.31. The van der Waals surface area contributed by atoms with Gasteiger partial charge in [0.25, 0.3) is 0 Å². The molecule has 0 aromatic heterocycles.